The molecule has 14 aromatic rings. The van der Waals surface area contributed by atoms with E-state index in [1.54, 1.807) is 0 Å². The average molecular weight is 1100 g/mol. The SMILES string of the molecule is c1ccc(N2c3ccccc3B3c4cccc([Si](c5ccccc5)(c5ccccc5)c5ccccc5)c4N(c4ccccc4[Si](c4ccccc4)(c4ccccc4)c4ccccc4)c4cc(-n5c6ccccc6c6ccccc65)cc2c43)cc1. The predicted octanol–water partition coefficient (Wildman–Crippen LogP) is 11.6. The maximum atomic E-state index is 2.79. The summed E-state index contributed by atoms with van der Waals surface area (Å²) in [7, 11) is -6.57. The van der Waals surface area contributed by atoms with Crippen molar-refractivity contribution >= 4 is 137 Å². The van der Waals surface area contributed by atoms with Crippen LogP contribution in [0.4, 0.5) is 34.1 Å². The molecular weight excluding hydrogens is 1050 g/mol. The van der Waals surface area contributed by atoms with Crippen molar-refractivity contribution < 1.29 is 0 Å². The van der Waals surface area contributed by atoms with Crippen LogP contribution >= 0.6 is 0 Å². The zero-order valence-electron chi connectivity index (χ0n) is 46.3. The van der Waals surface area contributed by atoms with Crippen LogP contribution < -0.4 is 67.7 Å². The van der Waals surface area contributed by atoms with Crippen molar-refractivity contribution in [3.8, 4) is 5.69 Å². The summed E-state index contributed by atoms with van der Waals surface area (Å²) in [5.41, 5.74) is 14.3. The molecule has 0 spiro atoms. The largest absolute Gasteiger partial charge is 0.312 e. The Bertz CT molecular complexity index is 4490. The number of benzene rings is 13. The predicted molar refractivity (Wildman–Crippen MR) is 362 cm³/mol. The molecule has 0 amide bonds. The third-order valence-corrected chi connectivity index (χ3v) is 27.7. The van der Waals surface area contributed by atoms with Gasteiger partial charge in [-0.1, -0.05) is 291 Å². The Balaban J connectivity index is 1.13. The van der Waals surface area contributed by atoms with Gasteiger partial charge < -0.3 is 14.4 Å². The number of anilines is 6. The fourth-order valence-corrected chi connectivity index (χ4v) is 24.7. The molecule has 0 saturated heterocycles. The standard InChI is InChI=1S/C78H56BN3Si2/c1-8-31-57(32-9-1)80-71-51-27-24-47-67(71)79-68-48-30-54-76(84(62-39-16-5-17-40-62,63-41-18-6-19-42-63)64-43-20-7-21-44-64)78(68)82(74-56-58(55-73(80)77(74)79)81-69-49-25-22-45-65(69)66-46-23-26-50-70(66)81)72-52-28-29-53-75(72)83(59-33-10-2-11-34-59,60-35-12-3-13-36-60)61-37-14-4-15-38-61/h1-56H. The van der Waals surface area contributed by atoms with Crippen LogP contribution in [0.2, 0.25) is 0 Å². The van der Waals surface area contributed by atoms with Crippen molar-refractivity contribution in [2.45, 2.75) is 0 Å². The molecule has 0 saturated carbocycles. The zero-order valence-corrected chi connectivity index (χ0v) is 48.3. The molecular formula is C78H56BN3Si2. The molecule has 2 aliphatic rings. The van der Waals surface area contributed by atoms with E-state index in [1.165, 1.54) is 91.1 Å². The van der Waals surface area contributed by atoms with Crippen molar-refractivity contribution in [2.75, 3.05) is 9.80 Å². The molecule has 2 aliphatic heterocycles. The Morgan fingerprint density at radius 3 is 1.10 bits per heavy atom. The second-order valence-electron chi connectivity index (χ2n) is 22.2. The van der Waals surface area contributed by atoms with E-state index in [1.807, 2.05) is 0 Å². The van der Waals surface area contributed by atoms with Gasteiger partial charge >= 0.3 is 0 Å². The van der Waals surface area contributed by atoms with E-state index in [4.69, 9.17) is 0 Å². The van der Waals surface area contributed by atoms with Gasteiger partial charge in [0, 0.05) is 44.9 Å². The molecule has 0 fully saturated rings. The summed E-state index contributed by atoms with van der Waals surface area (Å²) in [6, 6.07) is 129. The molecule has 0 atom stereocenters. The summed E-state index contributed by atoms with van der Waals surface area (Å²) in [6.07, 6.45) is 0. The fraction of sp³-hybridized carbons (Fsp3) is 0. The molecule has 13 aromatic carbocycles. The Morgan fingerprint density at radius 2 is 0.607 bits per heavy atom. The average Bonchev–Trinajstić information content (AvgIpc) is 0.821. The zero-order chi connectivity index (χ0) is 55.6. The summed E-state index contributed by atoms with van der Waals surface area (Å²) in [6.45, 7) is -0.148. The summed E-state index contributed by atoms with van der Waals surface area (Å²) in [4.78, 5) is 5.34. The first-order valence-corrected chi connectivity index (χ1v) is 33.2. The lowest BCUT2D eigenvalue weighted by molar-refractivity contribution is 1.16. The van der Waals surface area contributed by atoms with Crippen LogP contribution in [0.3, 0.4) is 0 Å². The summed E-state index contributed by atoms with van der Waals surface area (Å²) < 4.78 is 2.53. The Hall–Kier alpha value is -10.2. The van der Waals surface area contributed by atoms with Crippen LogP contribution in [0.25, 0.3) is 27.5 Å². The lowest BCUT2D eigenvalue weighted by Crippen LogP contribution is -2.77. The second kappa shape index (κ2) is 20.3. The van der Waals surface area contributed by atoms with Gasteiger partial charge in [-0.05, 0) is 106 Å². The van der Waals surface area contributed by atoms with E-state index in [0.29, 0.717) is 0 Å². The van der Waals surface area contributed by atoms with E-state index in [-0.39, 0.29) is 6.71 Å². The summed E-state index contributed by atoms with van der Waals surface area (Å²) in [5, 5.41) is 13.1. The van der Waals surface area contributed by atoms with Gasteiger partial charge in [0.1, 0.15) is 0 Å². The molecule has 84 heavy (non-hydrogen) atoms. The number of para-hydroxylation sites is 6. The highest BCUT2D eigenvalue weighted by Gasteiger charge is 2.51. The normalized spacial score (nSPS) is 12.7. The maximum Gasteiger partial charge on any atom is 0.252 e. The van der Waals surface area contributed by atoms with E-state index >= 15 is 0 Å². The van der Waals surface area contributed by atoms with E-state index in [9.17, 15) is 0 Å². The smallest absolute Gasteiger partial charge is 0.252 e. The van der Waals surface area contributed by atoms with Gasteiger partial charge in [-0.15, -0.1) is 0 Å². The molecule has 394 valence electrons. The van der Waals surface area contributed by atoms with Crippen LogP contribution in [-0.4, -0.2) is 27.4 Å². The van der Waals surface area contributed by atoms with Crippen LogP contribution in [0.5, 0.6) is 0 Å². The number of hydrogen-bond acceptors (Lipinski definition) is 2. The molecule has 0 aliphatic carbocycles. The Morgan fingerprint density at radius 1 is 0.250 bits per heavy atom. The molecule has 16 rings (SSSR count). The third-order valence-electron chi connectivity index (χ3n) is 18.0. The van der Waals surface area contributed by atoms with Crippen molar-refractivity contribution in [3.05, 3.63) is 340 Å². The first kappa shape index (κ1) is 49.6. The van der Waals surface area contributed by atoms with Crippen molar-refractivity contribution in [1.82, 2.24) is 4.57 Å². The minimum atomic E-state index is -3.31. The van der Waals surface area contributed by atoms with Crippen LogP contribution in [0, 0.1) is 0 Å². The molecule has 6 heteroatoms. The number of fused-ring (bicyclic) bond motifs is 7. The van der Waals surface area contributed by atoms with Gasteiger partial charge in [0.05, 0.1) is 16.7 Å². The van der Waals surface area contributed by atoms with Gasteiger partial charge in [0.25, 0.3) is 6.71 Å². The highest BCUT2D eigenvalue weighted by molar-refractivity contribution is 7.21. The highest BCUT2D eigenvalue weighted by Crippen LogP contribution is 2.46. The lowest BCUT2D eigenvalue weighted by Gasteiger charge is -2.48. The molecule has 0 bridgehead atoms. The van der Waals surface area contributed by atoms with Crippen LogP contribution in [0.15, 0.2) is 340 Å². The topological polar surface area (TPSA) is 11.4 Å². The van der Waals surface area contributed by atoms with Crippen molar-refractivity contribution in [3.63, 3.8) is 0 Å². The van der Waals surface area contributed by atoms with Gasteiger partial charge in [-0.25, -0.2) is 0 Å². The lowest BCUT2D eigenvalue weighted by atomic mass is 9.33. The molecule has 3 heterocycles. The monoisotopic (exact) mass is 1100 g/mol. The molecule has 0 radical (unpaired) electrons. The quantitative estimate of drug-likeness (QED) is 0.0945. The second-order valence-corrected chi connectivity index (χ2v) is 29.8. The Labute approximate surface area is 493 Å². The first-order chi connectivity index (χ1) is 41.7. The van der Waals surface area contributed by atoms with Crippen LogP contribution in [0.1, 0.15) is 0 Å². The van der Waals surface area contributed by atoms with E-state index in [2.05, 4.69) is 354 Å². The Kier molecular flexibility index (Phi) is 12.0. The molecule has 0 unspecified atom stereocenters. The maximum absolute atomic E-state index is 3.31. The van der Waals surface area contributed by atoms with Crippen molar-refractivity contribution in [1.29, 1.82) is 0 Å². The van der Waals surface area contributed by atoms with Gasteiger partial charge in [0.2, 0.25) is 0 Å². The van der Waals surface area contributed by atoms with Gasteiger partial charge in [-0.3, -0.25) is 0 Å². The number of hydrogen-bond donors (Lipinski definition) is 0. The molecule has 0 N–H and O–H groups in total. The molecule has 1 aromatic heterocycles. The van der Waals surface area contributed by atoms with E-state index in [0.717, 1.165) is 28.4 Å². The highest BCUT2D eigenvalue weighted by atomic mass is 28.3. The van der Waals surface area contributed by atoms with E-state index < -0.39 is 16.1 Å². The van der Waals surface area contributed by atoms with Crippen molar-refractivity contribution in [2.24, 2.45) is 0 Å². The van der Waals surface area contributed by atoms with Gasteiger partial charge in [-0.2, -0.15) is 0 Å². The first-order valence-electron chi connectivity index (χ1n) is 29.2. The van der Waals surface area contributed by atoms with Crippen LogP contribution in [-0.2, 0) is 0 Å². The third kappa shape index (κ3) is 7.44. The number of nitrogens with zero attached hydrogens (tertiary/aromatic N) is 3. The summed E-state index contributed by atoms with van der Waals surface area (Å²) >= 11 is 0. The number of aromatic nitrogens is 1. The van der Waals surface area contributed by atoms with Gasteiger partial charge in [0.15, 0.2) is 16.1 Å². The minimum absolute atomic E-state index is 0.148. The fourth-order valence-electron chi connectivity index (χ4n) is 14.8. The minimum Gasteiger partial charge on any atom is -0.312 e. The number of rotatable bonds is 11. The summed E-state index contributed by atoms with van der Waals surface area (Å²) in [5.74, 6) is 0. The molecule has 3 nitrogen and oxygen atoms in total.